The molecule has 21 heavy (non-hydrogen) atoms. The molecule has 2 heterocycles. The maximum atomic E-state index is 12.5. The van der Waals surface area contributed by atoms with Gasteiger partial charge >= 0.3 is 6.18 Å². The Morgan fingerprint density at radius 3 is 2.52 bits per heavy atom. The molecule has 1 N–H and O–H groups in total. The highest BCUT2D eigenvalue weighted by atomic mass is 32.1. The average Bonchev–Trinajstić information content (AvgIpc) is 2.98. The lowest BCUT2D eigenvalue weighted by Crippen LogP contribution is -2.46. The van der Waals surface area contributed by atoms with E-state index in [-0.39, 0.29) is 37.8 Å². The molecule has 0 bridgehead atoms. The molecule has 0 aromatic carbocycles. The van der Waals surface area contributed by atoms with Crippen molar-refractivity contribution in [2.75, 3.05) is 13.1 Å². The predicted molar refractivity (Wildman–Crippen MR) is 74.1 cm³/mol. The van der Waals surface area contributed by atoms with Gasteiger partial charge in [-0.1, -0.05) is 0 Å². The van der Waals surface area contributed by atoms with E-state index >= 15 is 0 Å². The van der Waals surface area contributed by atoms with Gasteiger partial charge in [-0.15, -0.1) is 0 Å². The SMILES string of the molecule is CC(C(=O)N1CCC(C(O)C(F)(F)F)CC1)c1ccsc1. The van der Waals surface area contributed by atoms with Gasteiger partial charge in [0.25, 0.3) is 0 Å². The van der Waals surface area contributed by atoms with Crippen LogP contribution in [0.2, 0.25) is 0 Å². The zero-order valence-electron chi connectivity index (χ0n) is 11.6. The number of halogens is 3. The van der Waals surface area contributed by atoms with Gasteiger partial charge in [0.1, 0.15) is 0 Å². The Labute approximate surface area is 125 Å². The van der Waals surface area contributed by atoms with Gasteiger partial charge in [0, 0.05) is 13.1 Å². The Kier molecular flexibility index (Phi) is 4.93. The van der Waals surface area contributed by atoms with E-state index in [1.807, 2.05) is 16.8 Å². The minimum Gasteiger partial charge on any atom is -0.383 e. The highest BCUT2D eigenvalue weighted by molar-refractivity contribution is 7.08. The zero-order chi connectivity index (χ0) is 15.6. The highest BCUT2D eigenvalue weighted by Gasteiger charge is 2.44. The first-order valence-corrected chi connectivity index (χ1v) is 7.80. The summed E-state index contributed by atoms with van der Waals surface area (Å²) in [5, 5.41) is 13.1. The number of alkyl halides is 3. The molecular weight excluding hydrogens is 303 g/mol. The average molecular weight is 321 g/mol. The maximum Gasteiger partial charge on any atom is 0.414 e. The van der Waals surface area contributed by atoms with Gasteiger partial charge in [0.15, 0.2) is 6.10 Å². The predicted octanol–water partition coefficient (Wildman–Crippen LogP) is 3.01. The molecule has 2 unspecified atom stereocenters. The molecule has 0 aliphatic carbocycles. The molecule has 1 aliphatic rings. The third-order valence-electron chi connectivity index (χ3n) is 4.05. The Hall–Kier alpha value is -1.08. The molecule has 3 nitrogen and oxygen atoms in total. The van der Waals surface area contributed by atoms with Gasteiger partial charge in [-0.05, 0) is 48.1 Å². The number of nitrogens with zero attached hydrogens (tertiary/aromatic N) is 1. The molecule has 0 spiro atoms. The first-order chi connectivity index (χ1) is 9.80. The molecular formula is C14H18F3NO2S. The van der Waals surface area contributed by atoms with Crippen molar-refractivity contribution in [3.8, 4) is 0 Å². The van der Waals surface area contributed by atoms with Crippen molar-refractivity contribution >= 4 is 17.2 Å². The molecule has 2 rings (SSSR count). The van der Waals surface area contributed by atoms with Crippen molar-refractivity contribution in [2.24, 2.45) is 5.92 Å². The Bertz CT molecular complexity index is 467. The smallest absolute Gasteiger partial charge is 0.383 e. The number of aliphatic hydroxyl groups is 1. The van der Waals surface area contributed by atoms with E-state index in [0.29, 0.717) is 0 Å². The van der Waals surface area contributed by atoms with Gasteiger partial charge in [-0.25, -0.2) is 0 Å². The molecule has 1 fully saturated rings. The van der Waals surface area contributed by atoms with Crippen molar-refractivity contribution in [1.29, 1.82) is 0 Å². The fourth-order valence-corrected chi connectivity index (χ4v) is 3.39. The summed E-state index contributed by atoms with van der Waals surface area (Å²) in [4.78, 5) is 13.9. The molecule has 1 saturated heterocycles. The summed E-state index contributed by atoms with van der Waals surface area (Å²) in [5.74, 6) is -1.15. The largest absolute Gasteiger partial charge is 0.414 e. The number of likely N-dealkylation sites (tertiary alicyclic amines) is 1. The Balaban J connectivity index is 1.90. The zero-order valence-corrected chi connectivity index (χ0v) is 12.5. The maximum absolute atomic E-state index is 12.5. The molecule has 1 aromatic heterocycles. The van der Waals surface area contributed by atoms with Crippen LogP contribution >= 0.6 is 11.3 Å². The summed E-state index contributed by atoms with van der Waals surface area (Å²) in [5.41, 5.74) is 0.933. The number of carbonyl (C=O) groups excluding carboxylic acids is 1. The molecule has 0 radical (unpaired) electrons. The monoisotopic (exact) mass is 321 g/mol. The normalized spacial score (nSPS) is 20.3. The van der Waals surface area contributed by atoms with E-state index in [2.05, 4.69) is 0 Å². The molecule has 1 amide bonds. The van der Waals surface area contributed by atoms with Gasteiger partial charge in [0.2, 0.25) is 5.91 Å². The summed E-state index contributed by atoms with van der Waals surface area (Å²) in [6.07, 6.45) is -6.50. The van der Waals surface area contributed by atoms with Crippen LogP contribution < -0.4 is 0 Å². The number of amides is 1. The number of thiophene rings is 1. The van der Waals surface area contributed by atoms with Crippen molar-refractivity contribution in [3.63, 3.8) is 0 Å². The van der Waals surface area contributed by atoms with Gasteiger partial charge in [0.05, 0.1) is 5.92 Å². The topological polar surface area (TPSA) is 40.5 Å². The molecule has 1 aromatic rings. The third-order valence-corrected chi connectivity index (χ3v) is 4.75. The standard InChI is InChI=1S/C14H18F3NO2S/c1-9(11-4-7-21-8-11)13(20)18-5-2-10(3-6-18)12(19)14(15,16)17/h4,7-10,12,19H,2-3,5-6H2,1H3. The van der Waals surface area contributed by atoms with Gasteiger partial charge in [-0.3, -0.25) is 4.79 Å². The number of rotatable bonds is 3. The quantitative estimate of drug-likeness (QED) is 0.930. The van der Waals surface area contributed by atoms with E-state index < -0.39 is 18.2 Å². The number of hydrogen-bond acceptors (Lipinski definition) is 3. The van der Waals surface area contributed by atoms with Gasteiger partial charge < -0.3 is 10.0 Å². The Morgan fingerprint density at radius 2 is 2.05 bits per heavy atom. The van der Waals surface area contributed by atoms with Crippen LogP contribution in [-0.2, 0) is 4.79 Å². The molecule has 1 aliphatic heterocycles. The van der Waals surface area contributed by atoms with Crippen LogP contribution in [0, 0.1) is 5.92 Å². The van der Waals surface area contributed by atoms with Crippen LogP contribution in [0.25, 0.3) is 0 Å². The molecule has 118 valence electrons. The molecule has 7 heteroatoms. The van der Waals surface area contributed by atoms with E-state index in [9.17, 15) is 23.1 Å². The second kappa shape index (κ2) is 6.36. The van der Waals surface area contributed by atoms with E-state index in [1.165, 1.54) is 11.3 Å². The number of aliphatic hydroxyl groups excluding tert-OH is 1. The van der Waals surface area contributed by atoms with Crippen LogP contribution in [0.15, 0.2) is 16.8 Å². The van der Waals surface area contributed by atoms with E-state index in [0.717, 1.165) is 5.56 Å². The van der Waals surface area contributed by atoms with Crippen molar-refractivity contribution < 1.29 is 23.1 Å². The minimum absolute atomic E-state index is 0.0617. The lowest BCUT2D eigenvalue weighted by molar-refractivity contribution is -0.223. The first kappa shape index (κ1) is 16.3. The summed E-state index contributed by atoms with van der Waals surface area (Å²) in [6.45, 7) is 2.34. The van der Waals surface area contributed by atoms with E-state index in [1.54, 1.807) is 11.8 Å². The minimum atomic E-state index is -4.58. The third kappa shape index (κ3) is 3.77. The fourth-order valence-electron chi connectivity index (χ4n) is 2.64. The van der Waals surface area contributed by atoms with Gasteiger partial charge in [-0.2, -0.15) is 24.5 Å². The number of piperidine rings is 1. The lowest BCUT2D eigenvalue weighted by atomic mass is 9.90. The molecule has 2 atom stereocenters. The van der Waals surface area contributed by atoms with Crippen LogP contribution in [0.5, 0.6) is 0 Å². The number of hydrogen-bond donors (Lipinski definition) is 1. The van der Waals surface area contributed by atoms with Crippen molar-refractivity contribution in [1.82, 2.24) is 4.90 Å². The van der Waals surface area contributed by atoms with Crippen LogP contribution in [0.4, 0.5) is 13.2 Å². The van der Waals surface area contributed by atoms with Crippen LogP contribution in [0.3, 0.4) is 0 Å². The van der Waals surface area contributed by atoms with Crippen molar-refractivity contribution in [3.05, 3.63) is 22.4 Å². The van der Waals surface area contributed by atoms with Crippen LogP contribution in [0.1, 0.15) is 31.2 Å². The molecule has 0 saturated carbocycles. The van der Waals surface area contributed by atoms with Crippen LogP contribution in [-0.4, -0.2) is 41.3 Å². The fraction of sp³-hybridized carbons (Fsp3) is 0.643. The second-order valence-electron chi connectivity index (χ2n) is 5.43. The first-order valence-electron chi connectivity index (χ1n) is 6.86. The van der Waals surface area contributed by atoms with Crippen molar-refractivity contribution in [2.45, 2.75) is 38.0 Å². The summed E-state index contributed by atoms with van der Waals surface area (Å²) in [6, 6.07) is 1.88. The summed E-state index contributed by atoms with van der Waals surface area (Å²) in [7, 11) is 0. The lowest BCUT2D eigenvalue weighted by Gasteiger charge is -2.35. The Morgan fingerprint density at radius 1 is 1.43 bits per heavy atom. The highest BCUT2D eigenvalue weighted by Crippen LogP contribution is 2.32. The van der Waals surface area contributed by atoms with E-state index in [4.69, 9.17) is 0 Å². The number of carbonyl (C=O) groups is 1. The second-order valence-corrected chi connectivity index (χ2v) is 6.21. The summed E-state index contributed by atoms with van der Waals surface area (Å²) < 4.78 is 37.4. The summed E-state index contributed by atoms with van der Waals surface area (Å²) >= 11 is 1.51.